The van der Waals surface area contributed by atoms with E-state index in [0.29, 0.717) is 24.1 Å². The number of aromatic nitrogens is 3. The van der Waals surface area contributed by atoms with Gasteiger partial charge in [0.2, 0.25) is 5.95 Å². The third-order valence-corrected chi connectivity index (χ3v) is 9.03. The summed E-state index contributed by atoms with van der Waals surface area (Å²) in [5.41, 5.74) is 2.22. The first kappa shape index (κ1) is 28.4. The van der Waals surface area contributed by atoms with E-state index in [2.05, 4.69) is 58.1 Å². The van der Waals surface area contributed by atoms with Gasteiger partial charge in [-0.05, 0) is 42.0 Å². The Morgan fingerprint density at radius 3 is 2.60 bits per heavy atom. The third kappa shape index (κ3) is 5.70. The van der Waals surface area contributed by atoms with E-state index in [9.17, 15) is 17.9 Å². The summed E-state index contributed by atoms with van der Waals surface area (Å²) in [4.78, 5) is 17.5. The van der Waals surface area contributed by atoms with Crippen LogP contribution in [-0.4, -0.2) is 91.7 Å². The zero-order valence-corrected chi connectivity index (χ0v) is 24.3. The molecule has 1 aromatic carbocycles. The molecule has 12 heteroatoms. The lowest BCUT2D eigenvalue weighted by Crippen LogP contribution is -2.57. The molecule has 10 nitrogen and oxygen atoms in total. The Kier molecular flexibility index (Phi) is 7.86. The number of hydrogen-bond acceptors (Lipinski definition) is 10. The fraction of sp³-hybridized carbons (Fsp3) is 0.536. The van der Waals surface area contributed by atoms with E-state index in [-0.39, 0.29) is 36.7 Å². The molecule has 2 aliphatic rings. The molecule has 0 amide bonds. The van der Waals surface area contributed by atoms with Crippen molar-refractivity contribution in [2.45, 2.75) is 51.1 Å². The van der Waals surface area contributed by atoms with Crippen LogP contribution in [0, 0.1) is 5.92 Å². The van der Waals surface area contributed by atoms with Gasteiger partial charge in [-0.1, -0.05) is 19.9 Å². The Hall–Kier alpha value is -3.09. The van der Waals surface area contributed by atoms with Crippen molar-refractivity contribution in [2.75, 3.05) is 53.9 Å². The predicted molar refractivity (Wildman–Crippen MR) is 155 cm³/mol. The lowest BCUT2D eigenvalue weighted by atomic mass is 9.88. The van der Waals surface area contributed by atoms with Gasteiger partial charge in [-0.25, -0.2) is 22.8 Å². The highest BCUT2D eigenvalue weighted by molar-refractivity contribution is 7.90. The van der Waals surface area contributed by atoms with Crippen molar-refractivity contribution in [1.82, 2.24) is 15.0 Å². The van der Waals surface area contributed by atoms with Gasteiger partial charge >= 0.3 is 0 Å². The molecule has 0 bridgehead atoms. The minimum atomic E-state index is -3.03. The van der Waals surface area contributed by atoms with Crippen LogP contribution in [0.25, 0.3) is 10.8 Å². The highest BCUT2D eigenvalue weighted by Crippen LogP contribution is 2.39. The molecule has 0 spiro atoms. The van der Waals surface area contributed by atoms with E-state index < -0.39 is 28.2 Å². The summed E-state index contributed by atoms with van der Waals surface area (Å²) in [5.74, 6) is 2.02. The standard InChI is InChI=1S/C28H37FN6O4S/c1-16(2)19-6-7-23(35-12-18(17(35)3)15-40(5,37)38)21-11-31-26(10-20(19)21)32-25-8-9-30-28(33-25)34-13-22(29)27(36)24(14-34)39-4/h6-11,16-18,22,24,27,36H,12-15H2,1-5H3,(H,30,31,32,33)/t17-,18-,22-,24+,27-/m1/s1. The monoisotopic (exact) mass is 572 g/mol. The highest BCUT2D eigenvalue weighted by atomic mass is 32.2. The number of pyridine rings is 1. The number of methoxy groups -OCH3 is 1. The molecule has 0 aliphatic carbocycles. The van der Waals surface area contributed by atoms with Crippen molar-refractivity contribution in [3.8, 4) is 0 Å². The van der Waals surface area contributed by atoms with Crippen LogP contribution >= 0.6 is 0 Å². The number of hydrogen-bond donors (Lipinski definition) is 2. The summed E-state index contributed by atoms with van der Waals surface area (Å²) in [5, 5.41) is 15.4. The largest absolute Gasteiger partial charge is 0.387 e. The number of rotatable bonds is 8. The van der Waals surface area contributed by atoms with Gasteiger partial charge in [0.05, 0.1) is 12.3 Å². The van der Waals surface area contributed by atoms with Crippen LogP contribution in [-0.2, 0) is 14.6 Å². The quantitative estimate of drug-likeness (QED) is 0.416. The number of nitrogens with zero attached hydrogens (tertiary/aromatic N) is 5. The molecule has 0 radical (unpaired) electrons. The van der Waals surface area contributed by atoms with Crippen molar-refractivity contribution in [1.29, 1.82) is 0 Å². The maximum atomic E-state index is 14.4. The van der Waals surface area contributed by atoms with Crippen LogP contribution in [0.1, 0.15) is 32.3 Å². The number of anilines is 4. The molecule has 216 valence electrons. The first-order valence-electron chi connectivity index (χ1n) is 13.5. The topological polar surface area (TPSA) is 121 Å². The highest BCUT2D eigenvalue weighted by Gasteiger charge is 2.39. The molecule has 2 saturated heterocycles. The predicted octanol–water partition coefficient (Wildman–Crippen LogP) is 3.30. The normalized spacial score (nSPS) is 25.4. The van der Waals surface area contributed by atoms with E-state index >= 15 is 0 Å². The van der Waals surface area contributed by atoms with Crippen LogP contribution in [0.4, 0.5) is 27.7 Å². The van der Waals surface area contributed by atoms with E-state index in [0.717, 1.165) is 16.5 Å². The number of ether oxygens (including phenoxy) is 1. The Morgan fingerprint density at radius 2 is 1.93 bits per heavy atom. The van der Waals surface area contributed by atoms with Crippen molar-refractivity contribution in [2.24, 2.45) is 5.92 Å². The average molecular weight is 573 g/mol. The summed E-state index contributed by atoms with van der Waals surface area (Å²) in [6.45, 7) is 7.30. The van der Waals surface area contributed by atoms with Gasteiger partial charge < -0.3 is 25.0 Å². The minimum Gasteiger partial charge on any atom is -0.387 e. The van der Waals surface area contributed by atoms with Gasteiger partial charge in [0, 0.05) is 61.9 Å². The Balaban J connectivity index is 1.41. The maximum absolute atomic E-state index is 14.4. The van der Waals surface area contributed by atoms with Crippen LogP contribution in [0.15, 0.2) is 36.7 Å². The van der Waals surface area contributed by atoms with Crippen LogP contribution in [0.3, 0.4) is 0 Å². The summed E-state index contributed by atoms with van der Waals surface area (Å²) in [7, 11) is -1.59. The molecule has 5 atom stereocenters. The first-order chi connectivity index (χ1) is 18.9. The molecule has 4 heterocycles. The number of alkyl halides is 1. The summed E-state index contributed by atoms with van der Waals surface area (Å²) in [6, 6.07) is 8.08. The SMILES string of the molecule is CO[C@H]1CN(c2nccc(Nc3cc4c(C(C)C)ccc(N5C[C@H](CS(C)(=O)=O)[C@H]5C)c4cn3)n2)C[C@@H](F)[C@H]1O. The zero-order chi connectivity index (χ0) is 28.8. The summed E-state index contributed by atoms with van der Waals surface area (Å²) in [6.07, 6.45) is 1.40. The fourth-order valence-electron chi connectivity index (χ4n) is 5.69. The number of aliphatic hydroxyl groups excluding tert-OH is 1. The molecule has 2 aromatic heterocycles. The average Bonchev–Trinajstić information content (AvgIpc) is 2.91. The van der Waals surface area contributed by atoms with Gasteiger partial charge in [-0.15, -0.1) is 0 Å². The smallest absolute Gasteiger partial charge is 0.227 e. The van der Waals surface area contributed by atoms with Crippen molar-refractivity contribution in [3.63, 3.8) is 0 Å². The number of piperidine rings is 1. The Labute approximate surface area is 234 Å². The molecule has 5 rings (SSSR count). The fourth-order valence-corrected chi connectivity index (χ4v) is 6.85. The number of nitrogens with one attached hydrogen (secondary N) is 1. The molecule has 2 fully saturated rings. The second-order valence-electron chi connectivity index (χ2n) is 11.2. The Morgan fingerprint density at radius 1 is 1.15 bits per heavy atom. The second kappa shape index (κ2) is 11.1. The van der Waals surface area contributed by atoms with Crippen molar-refractivity contribution < 1.29 is 22.7 Å². The van der Waals surface area contributed by atoms with E-state index in [1.807, 2.05) is 12.3 Å². The lowest BCUT2D eigenvalue weighted by molar-refractivity contribution is -0.0582. The summed E-state index contributed by atoms with van der Waals surface area (Å²) >= 11 is 0. The number of halogens is 1. The summed E-state index contributed by atoms with van der Waals surface area (Å²) < 4.78 is 43.3. The van der Waals surface area contributed by atoms with Gasteiger partial charge in [-0.3, -0.25) is 0 Å². The minimum absolute atomic E-state index is 0.0286. The molecule has 3 aromatic rings. The van der Waals surface area contributed by atoms with E-state index in [1.165, 1.54) is 18.9 Å². The van der Waals surface area contributed by atoms with Crippen molar-refractivity contribution >= 4 is 43.9 Å². The molecule has 40 heavy (non-hydrogen) atoms. The molecule has 0 saturated carbocycles. The third-order valence-electron chi connectivity index (χ3n) is 8.00. The van der Waals surface area contributed by atoms with Gasteiger partial charge in [-0.2, -0.15) is 4.98 Å². The molecule has 0 unspecified atom stereocenters. The van der Waals surface area contributed by atoms with Crippen molar-refractivity contribution in [3.05, 3.63) is 42.2 Å². The molecular formula is C28H37FN6O4S. The van der Waals surface area contributed by atoms with Crippen LogP contribution < -0.4 is 15.1 Å². The molecule has 2 N–H and O–H groups in total. The number of aliphatic hydroxyl groups is 1. The first-order valence-corrected chi connectivity index (χ1v) is 15.6. The number of benzene rings is 1. The molecule has 2 aliphatic heterocycles. The van der Waals surface area contributed by atoms with Gasteiger partial charge in [0.15, 0.2) is 0 Å². The number of sulfone groups is 1. The van der Waals surface area contributed by atoms with E-state index in [1.54, 1.807) is 17.2 Å². The lowest BCUT2D eigenvalue weighted by Gasteiger charge is -2.48. The van der Waals surface area contributed by atoms with Crippen LogP contribution in [0.5, 0.6) is 0 Å². The molecular weight excluding hydrogens is 535 g/mol. The van der Waals surface area contributed by atoms with E-state index in [4.69, 9.17) is 4.74 Å². The maximum Gasteiger partial charge on any atom is 0.227 e. The van der Waals surface area contributed by atoms with Crippen LogP contribution in [0.2, 0.25) is 0 Å². The Bertz CT molecular complexity index is 1490. The van der Waals surface area contributed by atoms with Gasteiger partial charge in [0.1, 0.15) is 39.9 Å². The number of fused-ring (bicyclic) bond motifs is 1. The zero-order valence-electron chi connectivity index (χ0n) is 23.5. The second-order valence-corrected chi connectivity index (χ2v) is 13.4. The van der Waals surface area contributed by atoms with Gasteiger partial charge in [0.25, 0.3) is 0 Å².